The number of hydrogen-bond donors (Lipinski definition) is 4. The van der Waals surface area contributed by atoms with Crippen LogP contribution in [0.15, 0.2) is 0 Å². The average Bonchev–Trinajstić information content (AvgIpc) is 3.30. The molecule has 10 heteroatoms. The molecule has 10 nitrogen and oxygen atoms in total. The van der Waals surface area contributed by atoms with Crippen molar-refractivity contribution >= 4 is 0 Å². The van der Waals surface area contributed by atoms with Crippen molar-refractivity contribution < 1.29 is 39.4 Å². The Morgan fingerprint density at radius 2 is 0.439 bits per heavy atom. The highest BCUT2D eigenvalue weighted by Gasteiger charge is 2.18. The highest BCUT2D eigenvalue weighted by molar-refractivity contribution is 4.71. The van der Waals surface area contributed by atoms with Gasteiger partial charge in [-0.05, 0) is 51.6 Å². The van der Waals surface area contributed by atoms with Crippen LogP contribution in [0.5, 0.6) is 0 Å². The summed E-state index contributed by atoms with van der Waals surface area (Å²) in [6.07, 6.45) is 39.0. The van der Waals surface area contributed by atoms with E-state index in [-0.39, 0.29) is 0 Å². The largest absolute Gasteiger partial charge is 0.389 e. The lowest BCUT2D eigenvalue weighted by molar-refractivity contribution is -0.0116. The first-order valence-electron chi connectivity index (χ1n) is 28.8. The Bertz CT molecular complexity index is 776. The van der Waals surface area contributed by atoms with Gasteiger partial charge in [0.05, 0.1) is 50.8 Å². The fourth-order valence-corrected chi connectivity index (χ4v) is 8.82. The molecule has 0 radical (unpaired) electrons. The molecule has 0 aliphatic carbocycles. The molecule has 4 N–H and O–H groups in total. The van der Waals surface area contributed by atoms with E-state index in [1.54, 1.807) is 0 Å². The molecule has 0 amide bonds. The van der Waals surface area contributed by atoms with Crippen LogP contribution in [0.3, 0.4) is 0 Å². The first kappa shape index (κ1) is 65.6. The first-order valence-corrected chi connectivity index (χ1v) is 28.8. The molecule has 0 aliphatic heterocycles. The third kappa shape index (κ3) is 50.0. The lowest BCUT2D eigenvalue weighted by atomic mass is 10.1. The van der Waals surface area contributed by atoms with Crippen LogP contribution < -0.4 is 0 Å². The van der Waals surface area contributed by atoms with E-state index in [2.05, 4.69) is 37.5 Å². The number of aliphatic hydroxyl groups excluding tert-OH is 4. The van der Waals surface area contributed by atoms with Gasteiger partial charge in [0.2, 0.25) is 0 Å². The summed E-state index contributed by atoms with van der Waals surface area (Å²) in [6.45, 7) is 16.7. The number of ether oxygens (including phenoxy) is 4. The van der Waals surface area contributed by atoms with Gasteiger partial charge in [-0.3, -0.25) is 9.80 Å². The summed E-state index contributed by atoms with van der Waals surface area (Å²) in [4.78, 5) is 4.41. The Kier molecular flexibility index (Phi) is 53.6. The molecule has 0 heterocycles. The zero-order valence-electron chi connectivity index (χ0n) is 44.6. The standard InChI is InChI=1S/C56H116N2O8/c1-5-9-13-17-23-29-35-41-63-49-53(59)45-57(46-54(60)50-64-42-36-30-24-18-14-10-6-2)39-33-27-21-22-28-34-40-58(47-55(61)51-65-43-37-31-25-19-15-11-7-3)48-56(62)52-66-44-38-32-26-20-16-12-8-4/h53-56,59-62H,5-52H2,1-4H3. The molecule has 398 valence electrons. The van der Waals surface area contributed by atoms with Gasteiger partial charge in [-0.2, -0.15) is 0 Å². The van der Waals surface area contributed by atoms with Crippen LogP contribution in [0, 0.1) is 0 Å². The zero-order chi connectivity index (χ0) is 48.2. The van der Waals surface area contributed by atoms with Gasteiger partial charge in [-0.25, -0.2) is 0 Å². The Balaban J connectivity index is 4.81. The summed E-state index contributed by atoms with van der Waals surface area (Å²) < 4.78 is 23.5. The van der Waals surface area contributed by atoms with Crippen LogP contribution in [0.1, 0.15) is 246 Å². The van der Waals surface area contributed by atoms with Crippen molar-refractivity contribution in [2.75, 3.05) is 92.1 Å². The summed E-state index contributed by atoms with van der Waals surface area (Å²) in [6, 6.07) is 0. The van der Waals surface area contributed by atoms with Crippen LogP contribution in [0.2, 0.25) is 0 Å². The fourth-order valence-electron chi connectivity index (χ4n) is 8.82. The van der Waals surface area contributed by atoms with Gasteiger partial charge in [0, 0.05) is 52.6 Å². The molecule has 0 saturated heterocycles. The molecule has 0 saturated carbocycles. The number of unbranched alkanes of at least 4 members (excludes halogenated alkanes) is 29. The van der Waals surface area contributed by atoms with Crippen molar-refractivity contribution in [1.82, 2.24) is 9.80 Å². The van der Waals surface area contributed by atoms with Crippen LogP contribution in [0.25, 0.3) is 0 Å². The van der Waals surface area contributed by atoms with Crippen molar-refractivity contribution in [3.8, 4) is 0 Å². The quantitative estimate of drug-likeness (QED) is 0.0438. The molecule has 0 spiro atoms. The van der Waals surface area contributed by atoms with E-state index in [1.165, 1.54) is 154 Å². The summed E-state index contributed by atoms with van der Waals surface area (Å²) in [7, 11) is 0. The van der Waals surface area contributed by atoms with E-state index in [0.29, 0.717) is 79.0 Å². The maximum Gasteiger partial charge on any atom is 0.0900 e. The molecule has 0 aromatic rings. The Labute approximate surface area is 410 Å². The van der Waals surface area contributed by atoms with Crippen LogP contribution in [0.4, 0.5) is 0 Å². The topological polar surface area (TPSA) is 124 Å². The second-order valence-electron chi connectivity index (χ2n) is 20.0. The van der Waals surface area contributed by atoms with Gasteiger partial charge >= 0.3 is 0 Å². The number of hydrogen-bond acceptors (Lipinski definition) is 10. The van der Waals surface area contributed by atoms with Crippen molar-refractivity contribution in [2.45, 2.75) is 270 Å². The Hall–Kier alpha value is -0.400. The van der Waals surface area contributed by atoms with Crippen molar-refractivity contribution in [3.05, 3.63) is 0 Å². The highest BCUT2D eigenvalue weighted by atomic mass is 16.5. The Morgan fingerprint density at radius 3 is 0.652 bits per heavy atom. The van der Waals surface area contributed by atoms with Crippen LogP contribution in [-0.2, 0) is 18.9 Å². The van der Waals surface area contributed by atoms with Crippen molar-refractivity contribution in [3.63, 3.8) is 0 Å². The minimum absolute atomic E-state index is 0.334. The molecule has 4 unspecified atom stereocenters. The summed E-state index contributed by atoms with van der Waals surface area (Å²) in [5.74, 6) is 0. The van der Waals surface area contributed by atoms with Crippen molar-refractivity contribution in [1.29, 1.82) is 0 Å². The molecule has 0 aliphatic rings. The first-order chi connectivity index (χ1) is 32.4. The zero-order valence-corrected chi connectivity index (χ0v) is 44.6. The number of rotatable bonds is 57. The lowest BCUT2D eigenvalue weighted by Crippen LogP contribution is -2.41. The fraction of sp³-hybridized carbons (Fsp3) is 1.00. The second-order valence-corrected chi connectivity index (χ2v) is 20.0. The molecule has 0 aromatic carbocycles. The highest BCUT2D eigenvalue weighted by Crippen LogP contribution is 2.13. The van der Waals surface area contributed by atoms with Crippen LogP contribution in [-0.4, -0.2) is 147 Å². The molecule has 0 aromatic heterocycles. The van der Waals surface area contributed by atoms with E-state index in [4.69, 9.17) is 18.9 Å². The number of nitrogens with zero attached hydrogens (tertiary/aromatic N) is 2. The minimum Gasteiger partial charge on any atom is -0.389 e. The van der Waals surface area contributed by atoms with E-state index < -0.39 is 24.4 Å². The average molecular weight is 946 g/mol. The van der Waals surface area contributed by atoms with E-state index in [1.807, 2.05) is 0 Å². The van der Waals surface area contributed by atoms with Gasteiger partial charge in [-0.15, -0.1) is 0 Å². The summed E-state index contributed by atoms with van der Waals surface area (Å²) in [5.41, 5.74) is 0. The lowest BCUT2D eigenvalue weighted by Gasteiger charge is -2.27. The van der Waals surface area contributed by atoms with E-state index in [0.717, 1.165) is 77.3 Å². The third-order valence-electron chi connectivity index (χ3n) is 12.9. The molecule has 66 heavy (non-hydrogen) atoms. The summed E-state index contributed by atoms with van der Waals surface area (Å²) in [5, 5.41) is 43.7. The number of aliphatic hydroxyl groups is 4. The second kappa shape index (κ2) is 53.9. The third-order valence-corrected chi connectivity index (χ3v) is 12.9. The maximum absolute atomic E-state index is 10.9. The molecule has 0 fully saturated rings. The monoisotopic (exact) mass is 945 g/mol. The predicted molar refractivity (Wildman–Crippen MR) is 280 cm³/mol. The predicted octanol–water partition coefficient (Wildman–Crippen LogP) is 12.4. The normalized spacial score (nSPS) is 13.9. The maximum atomic E-state index is 10.9. The van der Waals surface area contributed by atoms with E-state index >= 15 is 0 Å². The molecule has 4 atom stereocenters. The van der Waals surface area contributed by atoms with Gasteiger partial charge < -0.3 is 39.4 Å². The Morgan fingerprint density at radius 1 is 0.258 bits per heavy atom. The van der Waals surface area contributed by atoms with Crippen LogP contribution >= 0.6 is 0 Å². The van der Waals surface area contributed by atoms with Crippen molar-refractivity contribution in [2.24, 2.45) is 0 Å². The van der Waals surface area contributed by atoms with Gasteiger partial charge in [0.1, 0.15) is 0 Å². The SMILES string of the molecule is CCCCCCCCCOCC(O)CN(CCCCCCCCN(CC(O)COCCCCCCCCC)CC(O)COCCCCCCCCC)CC(O)COCCCCCCCCC. The smallest absolute Gasteiger partial charge is 0.0900 e. The van der Waals surface area contributed by atoms with E-state index in [9.17, 15) is 20.4 Å². The molecule has 0 rings (SSSR count). The van der Waals surface area contributed by atoms with Gasteiger partial charge in [0.15, 0.2) is 0 Å². The van der Waals surface area contributed by atoms with Gasteiger partial charge in [0.25, 0.3) is 0 Å². The molecular formula is C56H116N2O8. The van der Waals surface area contributed by atoms with Gasteiger partial charge in [-0.1, -0.05) is 207 Å². The molecular weight excluding hydrogens is 829 g/mol. The minimum atomic E-state index is -0.580. The molecule has 0 bridgehead atoms. The summed E-state index contributed by atoms with van der Waals surface area (Å²) >= 11 is 0.